The van der Waals surface area contributed by atoms with Gasteiger partial charge in [-0.2, -0.15) is 0 Å². The van der Waals surface area contributed by atoms with Crippen molar-refractivity contribution >= 4 is 181 Å². The molecule has 0 bridgehead atoms. The van der Waals surface area contributed by atoms with Gasteiger partial charge in [0.15, 0.2) is 0 Å². The number of aliphatic hydroxyl groups is 6. The minimum Gasteiger partial charge on any atom is -0.423 e. The molecule has 8 N–H and O–H groups in total. The first-order chi connectivity index (χ1) is 38.0. The molecule has 0 saturated carbocycles. The molecule has 0 spiro atoms. The number of rotatable bonds is 9. The predicted molar refractivity (Wildman–Crippen MR) is 380 cm³/mol. The van der Waals surface area contributed by atoms with Crippen LogP contribution in [0.4, 0.5) is 0 Å². The van der Waals surface area contributed by atoms with Crippen LogP contribution in [-0.4, -0.2) is 121 Å². The Morgan fingerprint density at radius 3 is 1.49 bits per heavy atom. The van der Waals surface area contributed by atoms with Crippen LogP contribution in [0.5, 0.6) is 0 Å². The summed E-state index contributed by atoms with van der Waals surface area (Å²) in [7, 11) is -1.38. The molecule has 4 heterocycles. The van der Waals surface area contributed by atoms with Crippen molar-refractivity contribution < 1.29 is 82.4 Å². The summed E-state index contributed by atoms with van der Waals surface area (Å²) in [6.07, 6.45) is 4.27. The van der Waals surface area contributed by atoms with Crippen LogP contribution in [-0.2, 0) is 28.5 Å². The normalized spacial score (nSPS) is 28.3. The summed E-state index contributed by atoms with van der Waals surface area (Å²) in [6.45, 7) is 13.4. The molecule has 4 aliphatic heterocycles. The van der Waals surface area contributed by atoms with Gasteiger partial charge in [0, 0.05) is 73.9 Å². The summed E-state index contributed by atoms with van der Waals surface area (Å²) in [5.41, 5.74) is 3.27. The van der Waals surface area contributed by atoms with E-state index in [1.807, 2.05) is 70.2 Å². The average Bonchev–Trinajstić information content (AvgIpc) is 3.44. The van der Waals surface area contributed by atoms with Crippen molar-refractivity contribution in [1.29, 1.82) is 0 Å². The van der Waals surface area contributed by atoms with Crippen molar-refractivity contribution in [2.24, 2.45) is 17.8 Å². The molecule has 82 heavy (non-hydrogen) atoms. The molecule has 14 nitrogen and oxygen atoms in total. The van der Waals surface area contributed by atoms with Crippen molar-refractivity contribution in [3.8, 4) is 0 Å². The number of esters is 1. The maximum absolute atomic E-state index is 10.7. The molecule has 4 aliphatic rings. The summed E-state index contributed by atoms with van der Waals surface area (Å²) < 4.78 is 31.6. The molecular formula is C57H77BBr4I6O14. The van der Waals surface area contributed by atoms with Crippen LogP contribution in [0.1, 0.15) is 110 Å². The van der Waals surface area contributed by atoms with Gasteiger partial charge in [-0.15, -0.1) is 24.0 Å². The Morgan fingerprint density at radius 1 is 0.622 bits per heavy atom. The van der Waals surface area contributed by atoms with Crippen molar-refractivity contribution in [3.63, 3.8) is 0 Å². The molecule has 0 aliphatic carbocycles. The van der Waals surface area contributed by atoms with Crippen LogP contribution in [0.3, 0.4) is 0 Å². The maximum Gasteiger partial charge on any atom is 0.488 e. The standard InChI is InChI=1S/C14H19BrO3.C14H17BrO.C12H15BrO5.C10H15O3.C6H6BBrO2.CH4.I3.I2.HI/c1-3-11-8(2)12(16)13(17)14(18-11)9-5-4-6-10(15)7-9;1-3-13-10(2)7-8-14(16-13)11-5-4-6-12(15)9-11;13-7-3-1-2-6(4-7)12-11(17)10(16)9(15)8(5-14)18-12;1-4-9-7(2)10(5-6-12-9)13-8(3)11;8-6-3-1-2-5(4-6)7(9)10;;1-3-2;1-2;/h4-8,11-14,16-17H,3H2,1-2H3;4-10,13-14H,3H2,1-2H3;1-4,8-12,14-17H,5H2;6-7,9-10H,4H2,1-3H3;1-4,9-10H;1H4;;;1H/q;;;+1;;;-1;;/t8-,11-,12+,13+,14-;10-,13+,14-;8-,9-,10+,11+,12-;7-,9-,10-;;;;;/m1011...../s1. The van der Waals surface area contributed by atoms with E-state index >= 15 is 0 Å². The third kappa shape index (κ3) is 28.3. The molecular weight excluding hydrogens is 2000 g/mol. The molecule has 4 aromatic carbocycles. The van der Waals surface area contributed by atoms with Crippen LogP contribution < -0.4 is 18.7 Å². The van der Waals surface area contributed by atoms with E-state index in [0.717, 1.165) is 42.7 Å². The zero-order valence-corrected chi connectivity index (χ0v) is 64.9. The molecule has 0 amide bonds. The first-order valence-corrected chi connectivity index (χ1v) is 47.5. The molecule has 2 fully saturated rings. The maximum atomic E-state index is 10.7. The van der Waals surface area contributed by atoms with Crippen molar-refractivity contribution in [1.82, 2.24) is 0 Å². The summed E-state index contributed by atoms with van der Waals surface area (Å²) in [5.74, 6) is 0.384. The van der Waals surface area contributed by atoms with E-state index in [2.05, 4.69) is 188 Å². The minimum atomic E-state index is -1.38. The van der Waals surface area contributed by atoms with Gasteiger partial charge in [-0.05, 0) is 89.9 Å². The largest absolute Gasteiger partial charge is 0.488 e. The fourth-order valence-corrected chi connectivity index (χ4v) is 10.5. The zero-order valence-electron chi connectivity index (χ0n) is 45.5. The monoisotopic (exact) mass is 2070 g/mol. The summed E-state index contributed by atoms with van der Waals surface area (Å²) in [6, 6.07) is 30.0. The Balaban J connectivity index is 0.000000985. The summed E-state index contributed by atoms with van der Waals surface area (Å²) in [5, 5.41) is 76.0. The molecule has 4 aromatic rings. The van der Waals surface area contributed by atoms with Crippen molar-refractivity contribution in [3.05, 3.63) is 156 Å². The number of carbonyl (C=O) groups is 1. The average molecular weight is 2080 g/mol. The van der Waals surface area contributed by atoms with Gasteiger partial charge in [0.2, 0.25) is 0 Å². The van der Waals surface area contributed by atoms with Crippen LogP contribution in [0.15, 0.2) is 133 Å². The second kappa shape index (κ2) is 45.7. The molecule has 25 heteroatoms. The van der Waals surface area contributed by atoms with E-state index in [4.69, 9.17) is 38.8 Å². The van der Waals surface area contributed by atoms with Gasteiger partial charge in [0.25, 0.3) is 0 Å². The summed E-state index contributed by atoms with van der Waals surface area (Å²) >= 11 is 23.0. The Bertz CT molecular complexity index is 2370. The van der Waals surface area contributed by atoms with Crippen molar-refractivity contribution in [2.75, 3.05) is 6.61 Å². The molecule has 0 aromatic heterocycles. The first kappa shape index (κ1) is 83.5. The molecule has 462 valence electrons. The second-order valence-corrected chi connectivity index (χ2v) is 38.7. The molecule has 2 saturated heterocycles. The number of hydrogen-bond donors (Lipinski definition) is 8. The minimum absolute atomic E-state index is 0. The van der Waals surface area contributed by atoms with Crippen LogP contribution in [0.2, 0.25) is 0 Å². The Hall–Kier alpha value is 1.46. The van der Waals surface area contributed by atoms with Gasteiger partial charge in [0.1, 0.15) is 54.9 Å². The van der Waals surface area contributed by atoms with Gasteiger partial charge in [-0.3, -0.25) is 4.79 Å². The quantitative estimate of drug-likeness (QED) is 0.0257. The van der Waals surface area contributed by atoms with E-state index in [1.165, 1.54) is 18.7 Å². The van der Waals surface area contributed by atoms with E-state index in [1.54, 1.807) is 36.4 Å². The Kier molecular flexibility index (Phi) is 46.5. The van der Waals surface area contributed by atoms with E-state index < -0.39 is 62.6 Å². The zero-order chi connectivity index (χ0) is 60.2. The topological polar surface area (TPSA) is 225 Å². The number of aliphatic hydroxyl groups excluding tert-OH is 6. The van der Waals surface area contributed by atoms with Gasteiger partial charge >= 0.3 is 82.0 Å². The molecule has 8 rings (SSSR count). The molecule has 0 unspecified atom stereocenters. The van der Waals surface area contributed by atoms with Crippen LogP contribution >= 0.6 is 162 Å². The Morgan fingerprint density at radius 2 is 1.06 bits per heavy atom. The van der Waals surface area contributed by atoms with E-state index in [-0.39, 0.29) is 73.6 Å². The number of benzene rings is 4. The predicted octanol–water partition coefficient (Wildman–Crippen LogP) is 10.7. The van der Waals surface area contributed by atoms with Crippen LogP contribution in [0, 0.1) is 23.8 Å². The van der Waals surface area contributed by atoms with Crippen LogP contribution in [0.25, 0.3) is 0 Å². The second-order valence-electron chi connectivity index (χ2n) is 18.7. The number of ether oxygens (including phenoxy) is 5. The molecule has 0 radical (unpaired) electrons. The third-order valence-corrected chi connectivity index (χ3v) is 15.2. The van der Waals surface area contributed by atoms with Gasteiger partial charge in [0.05, 0.1) is 30.8 Å². The number of hydrogen-bond acceptors (Lipinski definition) is 14. The third-order valence-electron chi connectivity index (χ3n) is 13.2. The number of carbonyl (C=O) groups excluding carboxylic acids is 1. The fourth-order valence-electron chi connectivity index (χ4n) is 8.81. The van der Waals surface area contributed by atoms with Gasteiger partial charge in [-0.25, -0.2) is 0 Å². The smallest absolute Gasteiger partial charge is 0.423 e. The van der Waals surface area contributed by atoms with E-state index in [9.17, 15) is 30.3 Å². The Labute approximate surface area is 589 Å². The van der Waals surface area contributed by atoms with Gasteiger partial charge < -0.3 is 64.4 Å². The fraction of sp³-hybridized carbons (Fsp3) is 0.491. The SMILES string of the molecule is C.CC[C@H]1OC=[C+][C@@H](OC(C)=O)[C@@H]1C.CC[C@H]1O[C@H](c2cccc(Br)c2)C=C[C@@H]1C.CC[C@H]1O[C@H](c2cccc(Br)c2)[C@@H](O)[C@@H](O)[C@@H]1C.I.II.I[I-]I.OB(O)c1cccc(Br)c1.OC[C@H]1O[C@H](c2cccc(Br)c2)[C@@H](O)[C@@H](O)[C@@H]1O. The number of halogens is 10. The van der Waals surface area contributed by atoms with Crippen molar-refractivity contribution in [2.45, 2.75) is 155 Å². The molecule has 16 atom stereocenters. The first-order valence-electron chi connectivity index (χ1n) is 25.5. The summed E-state index contributed by atoms with van der Waals surface area (Å²) in [4.78, 5) is 10.7. The van der Waals surface area contributed by atoms with E-state index in [0.29, 0.717) is 36.3 Å². The van der Waals surface area contributed by atoms with Gasteiger partial charge in [-0.1, -0.05) is 173 Å².